The molecule has 9 heteroatoms. The van der Waals surface area contributed by atoms with Crippen LogP contribution < -0.4 is 4.74 Å². The van der Waals surface area contributed by atoms with Gasteiger partial charge >= 0.3 is 6.18 Å². The van der Waals surface area contributed by atoms with Gasteiger partial charge in [0, 0.05) is 18.7 Å². The number of carbonyl (C=O) groups excluding carboxylic acids is 1. The lowest BCUT2D eigenvalue weighted by Gasteiger charge is -2.36. The molecule has 0 radical (unpaired) electrons. The Morgan fingerprint density at radius 1 is 1.19 bits per heavy atom. The highest BCUT2D eigenvalue weighted by molar-refractivity contribution is 5.78. The number of hydrogen-bond donors (Lipinski definition) is 0. The van der Waals surface area contributed by atoms with Gasteiger partial charge in [-0.15, -0.1) is 0 Å². The maximum atomic E-state index is 12.9. The summed E-state index contributed by atoms with van der Waals surface area (Å²) in [5, 5.41) is 3.80. The summed E-state index contributed by atoms with van der Waals surface area (Å²) in [6, 6.07) is 12.4. The molecular weight excluding hydrogens is 423 g/mol. The van der Waals surface area contributed by atoms with Crippen LogP contribution in [0.3, 0.4) is 0 Å². The molecule has 168 valence electrons. The van der Waals surface area contributed by atoms with Crippen LogP contribution in [0.5, 0.6) is 5.75 Å². The molecule has 1 fully saturated rings. The number of likely N-dealkylation sites (tertiary alicyclic amines) is 1. The molecular formula is C23H22F3N3O3. The van der Waals surface area contributed by atoms with Gasteiger partial charge < -0.3 is 14.2 Å². The third-order valence-electron chi connectivity index (χ3n) is 5.38. The first-order valence-corrected chi connectivity index (χ1v) is 10.2. The zero-order chi connectivity index (χ0) is 22.9. The Morgan fingerprint density at radius 2 is 1.91 bits per heavy atom. The zero-order valence-electron chi connectivity index (χ0n) is 17.6. The normalized spacial score (nSPS) is 14.5. The van der Waals surface area contributed by atoms with E-state index in [0.717, 1.165) is 12.1 Å². The van der Waals surface area contributed by atoms with Crippen molar-refractivity contribution in [3.05, 3.63) is 65.5 Å². The Hall–Kier alpha value is -3.36. The van der Waals surface area contributed by atoms with E-state index in [-0.39, 0.29) is 29.8 Å². The van der Waals surface area contributed by atoms with Crippen molar-refractivity contribution in [3.8, 4) is 17.1 Å². The molecule has 0 saturated carbocycles. The summed E-state index contributed by atoms with van der Waals surface area (Å²) in [5.41, 5.74) is 0.637. The minimum atomic E-state index is -4.45. The molecule has 0 spiro atoms. The summed E-state index contributed by atoms with van der Waals surface area (Å²) in [5.74, 6) is 1.11. The van der Waals surface area contributed by atoms with Crippen LogP contribution in [0.4, 0.5) is 13.2 Å². The SMILES string of the molecule is CC(C)c1ccc(OCC(=O)N2CC(c3nc(-c4cccc(C(F)(F)F)c4)no3)C2)cc1. The largest absolute Gasteiger partial charge is 0.484 e. The van der Waals surface area contributed by atoms with E-state index in [1.165, 1.54) is 17.7 Å². The summed E-state index contributed by atoms with van der Waals surface area (Å²) in [7, 11) is 0. The van der Waals surface area contributed by atoms with Crippen molar-refractivity contribution in [3.63, 3.8) is 0 Å². The number of benzene rings is 2. The maximum Gasteiger partial charge on any atom is 0.416 e. The van der Waals surface area contributed by atoms with E-state index in [4.69, 9.17) is 9.26 Å². The second-order valence-electron chi connectivity index (χ2n) is 8.04. The molecule has 0 N–H and O–H groups in total. The standard InChI is InChI=1S/C23H22F3N3O3/c1-14(2)15-6-8-19(9-7-15)31-13-20(30)29-11-17(12-29)22-27-21(28-32-22)16-4-3-5-18(10-16)23(24,25)26/h3-10,14,17H,11-13H2,1-2H3. The number of halogens is 3. The molecule has 1 saturated heterocycles. The predicted molar refractivity (Wildman–Crippen MR) is 110 cm³/mol. The van der Waals surface area contributed by atoms with Gasteiger partial charge in [-0.25, -0.2) is 0 Å². The number of ether oxygens (including phenoxy) is 1. The van der Waals surface area contributed by atoms with Crippen molar-refractivity contribution in [2.75, 3.05) is 19.7 Å². The Kier molecular flexibility index (Phi) is 5.90. The van der Waals surface area contributed by atoms with Crippen molar-refractivity contribution in [1.82, 2.24) is 15.0 Å². The third-order valence-corrected chi connectivity index (χ3v) is 5.38. The van der Waals surface area contributed by atoms with E-state index >= 15 is 0 Å². The summed E-state index contributed by atoms with van der Waals surface area (Å²) in [6.45, 7) is 4.90. The van der Waals surface area contributed by atoms with Crippen LogP contribution in [-0.2, 0) is 11.0 Å². The van der Waals surface area contributed by atoms with Gasteiger partial charge in [0.15, 0.2) is 6.61 Å². The molecule has 0 bridgehead atoms. The fraction of sp³-hybridized carbons (Fsp3) is 0.348. The Bertz CT molecular complexity index is 1090. The first-order valence-electron chi connectivity index (χ1n) is 10.2. The van der Waals surface area contributed by atoms with Crippen LogP contribution in [0, 0.1) is 0 Å². The number of amides is 1. The smallest absolute Gasteiger partial charge is 0.416 e. The fourth-order valence-corrected chi connectivity index (χ4v) is 3.38. The van der Waals surface area contributed by atoms with Gasteiger partial charge in [0.05, 0.1) is 11.5 Å². The number of aromatic nitrogens is 2. The molecule has 4 rings (SSSR count). The summed E-state index contributed by atoms with van der Waals surface area (Å²) in [4.78, 5) is 18.2. The molecule has 1 aliphatic heterocycles. The highest BCUT2D eigenvalue weighted by Crippen LogP contribution is 2.32. The summed E-state index contributed by atoms with van der Waals surface area (Å²) in [6.07, 6.45) is -4.45. The lowest BCUT2D eigenvalue weighted by Crippen LogP contribution is -2.50. The Morgan fingerprint density at radius 3 is 2.56 bits per heavy atom. The number of rotatable bonds is 6. The van der Waals surface area contributed by atoms with E-state index < -0.39 is 11.7 Å². The molecule has 1 amide bonds. The van der Waals surface area contributed by atoms with Gasteiger partial charge in [0.25, 0.3) is 5.91 Å². The van der Waals surface area contributed by atoms with Crippen molar-refractivity contribution in [1.29, 1.82) is 0 Å². The second-order valence-corrected chi connectivity index (χ2v) is 8.04. The lowest BCUT2D eigenvalue weighted by atomic mass is 10.00. The minimum absolute atomic E-state index is 0.0763. The zero-order valence-corrected chi connectivity index (χ0v) is 17.6. The number of alkyl halides is 3. The number of carbonyl (C=O) groups is 1. The minimum Gasteiger partial charge on any atom is -0.484 e. The second kappa shape index (κ2) is 8.64. The first-order chi connectivity index (χ1) is 15.2. The average Bonchev–Trinajstić information content (AvgIpc) is 3.20. The van der Waals surface area contributed by atoms with Crippen molar-refractivity contribution < 1.29 is 27.2 Å². The van der Waals surface area contributed by atoms with E-state index in [9.17, 15) is 18.0 Å². The molecule has 3 aromatic rings. The van der Waals surface area contributed by atoms with Crippen LogP contribution in [0.1, 0.15) is 42.7 Å². The fourth-order valence-electron chi connectivity index (χ4n) is 3.38. The molecule has 0 atom stereocenters. The van der Waals surface area contributed by atoms with Crippen LogP contribution >= 0.6 is 0 Å². The van der Waals surface area contributed by atoms with Gasteiger partial charge in [0.2, 0.25) is 11.7 Å². The molecule has 32 heavy (non-hydrogen) atoms. The van der Waals surface area contributed by atoms with Gasteiger partial charge in [-0.3, -0.25) is 4.79 Å². The highest BCUT2D eigenvalue weighted by atomic mass is 19.4. The molecule has 1 aromatic heterocycles. The van der Waals surface area contributed by atoms with E-state index in [2.05, 4.69) is 24.0 Å². The Labute approximate surface area is 183 Å². The lowest BCUT2D eigenvalue weighted by molar-refractivity contribution is -0.138. The molecule has 2 aromatic carbocycles. The number of nitrogens with zero attached hydrogens (tertiary/aromatic N) is 3. The van der Waals surface area contributed by atoms with Crippen LogP contribution in [0.25, 0.3) is 11.4 Å². The molecule has 1 aliphatic rings. The van der Waals surface area contributed by atoms with Gasteiger partial charge in [-0.05, 0) is 35.7 Å². The summed E-state index contributed by atoms with van der Waals surface area (Å²) < 4.78 is 49.5. The monoisotopic (exact) mass is 445 g/mol. The predicted octanol–water partition coefficient (Wildman–Crippen LogP) is 4.88. The number of hydrogen-bond acceptors (Lipinski definition) is 5. The first kappa shape index (κ1) is 21.9. The van der Waals surface area contributed by atoms with Crippen LogP contribution in [0.2, 0.25) is 0 Å². The quantitative estimate of drug-likeness (QED) is 0.541. The highest BCUT2D eigenvalue weighted by Gasteiger charge is 2.36. The van der Waals surface area contributed by atoms with E-state index in [1.54, 1.807) is 4.90 Å². The third kappa shape index (κ3) is 4.76. The van der Waals surface area contributed by atoms with Gasteiger partial charge in [-0.2, -0.15) is 18.2 Å². The molecule has 0 aliphatic carbocycles. The van der Waals surface area contributed by atoms with Gasteiger partial charge in [0.1, 0.15) is 5.75 Å². The molecule has 0 unspecified atom stereocenters. The molecule has 2 heterocycles. The van der Waals surface area contributed by atoms with Crippen molar-refractivity contribution >= 4 is 5.91 Å². The summed E-state index contributed by atoms with van der Waals surface area (Å²) >= 11 is 0. The van der Waals surface area contributed by atoms with E-state index in [0.29, 0.717) is 30.6 Å². The van der Waals surface area contributed by atoms with Crippen molar-refractivity contribution in [2.24, 2.45) is 0 Å². The molecule has 6 nitrogen and oxygen atoms in total. The average molecular weight is 445 g/mol. The van der Waals surface area contributed by atoms with Crippen LogP contribution in [-0.4, -0.2) is 40.6 Å². The Balaban J connectivity index is 1.30. The van der Waals surface area contributed by atoms with Crippen LogP contribution in [0.15, 0.2) is 53.1 Å². The van der Waals surface area contributed by atoms with Gasteiger partial charge in [-0.1, -0.05) is 43.3 Å². The van der Waals surface area contributed by atoms with E-state index in [1.807, 2.05) is 24.3 Å². The maximum absolute atomic E-state index is 12.9. The topological polar surface area (TPSA) is 68.5 Å². The van der Waals surface area contributed by atoms with Crippen molar-refractivity contribution in [2.45, 2.75) is 31.9 Å².